The van der Waals surface area contributed by atoms with Crippen molar-refractivity contribution in [3.05, 3.63) is 29.2 Å². The van der Waals surface area contributed by atoms with Crippen molar-refractivity contribution in [2.45, 2.75) is 39.0 Å². The zero-order valence-electron chi connectivity index (χ0n) is 16.6. The molecule has 2 aromatic heterocycles. The van der Waals surface area contributed by atoms with Crippen LogP contribution in [-0.2, 0) is 18.3 Å². The van der Waals surface area contributed by atoms with Crippen molar-refractivity contribution in [2.75, 3.05) is 26.2 Å². The van der Waals surface area contributed by atoms with E-state index in [-0.39, 0.29) is 17.7 Å². The molecule has 0 unspecified atom stereocenters. The summed E-state index contributed by atoms with van der Waals surface area (Å²) in [5, 5.41) is 8.39. The van der Waals surface area contributed by atoms with E-state index in [1.165, 1.54) is 0 Å². The fourth-order valence-electron chi connectivity index (χ4n) is 4.06. The summed E-state index contributed by atoms with van der Waals surface area (Å²) in [6, 6.07) is 0. The van der Waals surface area contributed by atoms with Crippen LogP contribution in [0.15, 0.2) is 10.7 Å². The summed E-state index contributed by atoms with van der Waals surface area (Å²) in [7, 11) is 1.82. The third-order valence-corrected chi connectivity index (χ3v) is 5.74. The minimum Gasteiger partial charge on any atom is -0.343 e. The van der Waals surface area contributed by atoms with E-state index in [1.807, 2.05) is 23.8 Å². The number of amides is 2. The van der Waals surface area contributed by atoms with Crippen LogP contribution in [0.1, 0.15) is 53.5 Å². The lowest BCUT2D eigenvalue weighted by molar-refractivity contribution is -0.129. The van der Waals surface area contributed by atoms with Gasteiger partial charge in [0.15, 0.2) is 5.82 Å². The van der Waals surface area contributed by atoms with Crippen LogP contribution >= 0.6 is 0 Å². The Kier molecular flexibility index (Phi) is 4.91. The molecule has 0 radical (unpaired) electrons. The molecule has 150 valence electrons. The van der Waals surface area contributed by atoms with Gasteiger partial charge in [0.05, 0.1) is 11.3 Å². The number of nitrogens with zero attached hydrogens (tertiary/aromatic N) is 6. The van der Waals surface area contributed by atoms with Crippen molar-refractivity contribution in [3.8, 4) is 0 Å². The van der Waals surface area contributed by atoms with Gasteiger partial charge in [-0.3, -0.25) is 14.3 Å². The maximum Gasteiger partial charge on any atom is 0.257 e. The molecule has 0 N–H and O–H groups in total. The number of carbonyl (C=O) groups excluding carboxylic acids is 2. The Labute approximate surface area is 163 Å². The van der Waals surface area contributed by atoms with Gasteiger partial charge in [0.2, 0.25) is 11.8 Å². The van der Waals surface area contributed by atoms with Crippen molar-refractivity contribution in [2.24, 2.45) is 13.0 Å². The highest BCUT2D eigenvalue weighted by Gasteiger charge is 2.34. The summed E-state index contributed by atoms with van der Waals surface area (Å²) in [6.07, 6.45) is 4.20. The Balaban J connectivity index is 1.27. The van der Waals surface area contributed by atoms with Crippen LogP contribution < -0.4 is 0 Å². The van der Waals surface area contributed by atoms with Gasteiger partial charge < -0.3 is 14.3 Å². The molecule has 2 saturated heterocycles. The number of hydrogen-bond donors (Lipinski definition) is 0. The molecule has 2 aliphatic rings. The Bertz CT molecular complexity index is 874. The first-order valence-electron chi connectivity index (χ1n) is 9.78. The monoisotopic (exact) mass is 386 g/mol. The van der Waals surface area contributed by atoms with Crippen molar-refractivity contribution in [1.82, 2.24) is 29.7 Å². The van der Waals surface area contributed by atoms with Crippen molar-refractivity contribution in [1.29, 1.82) is 0 Å². The molecule has 2 fully saturated rings. The van der Waals surface area contributed by atoms with Crippen LogP contribution in [0, 0.1) is 12.8 Å². The number of aryl methyl sites for hydroxylation is 2. The third kappa shape index (κ3) is 3.65. The molecule has 2 aliphatic heterocycles. The quantitative estimate of drug-likeness (QED) is 0.782. The summed E-state index contributed by atoms with van der Waals surface area (Å²) in [4.78, 5) is 32.2. The van der Waals surface area contributed by atoms with Gasteiger partial charge in [0.1, 0.15) is 0 Å². The van der Waals surface area contributed by atoms with Gasteiger partial charge in [0.25, 0.3) is 5.91 Å². The second-order valence-corrected chi connectivity index (χ2v) is 7.91. The minimum atomic E-state index is 0.0327. The molecule has 28 heavy (non-hydrogen) atoms. The van der Waals surface area contributed by atoms with Gasteiger partial charge in [-0.1, -0.05) is 5.16 Å². The summed E-state index contributed by atoms with van der Waals surface area (Å²) < 4.78 is 7.11. The van der Waals surface area contributed by atoms with Crippen LogP contribution in [0.3, 0.4) is 0 Å². The molecule has 9 heteroatoms. The molecule has 0 atom stereocenters. The Morgan fingerprint density at radius 2 is 1.93 bits per heavy atom. The number of carbonyl (C=O) groups is 2. The average Bonchev–Trinajstić information content (AvgIpc) is 3.23. The molecule has 2 aromatic rings. The molecular weight excluding hydrogens is 360 g/mol. The molecule has 0 saturated carbocycles. The predicted octanol–water partition coefficient (Wildman–Crippen LogP) is 1.15. The van der Waals surface area contributed by atoms with Gasteiger partial charge in [-0.05, 0) is 19.8 Å². The molecule has 4 heterocycles. The molecule has 4 rings (SSSR count). The van der Waals surface area contributed by atoms with E-state index in [0.717, 1.165) is 37.4 Å². The van der Waals surface area contributed by atoms with E-state index in [2.05, 4.69) is 15.2 Å². The fraction of sp³-hybridized carbons (Fsp3) is 0.632. The lowest BCUT2D eigenvalue weighted by Gasteiger charge is -2.38. The van der Waals surface area contributed by atoms with E-state index >= 15 is 0 Å². The molecule has 2 amide bonds. The highest BCUT2D eigenvalue weighted by molar-refractivity contribution is 5.95. The lowest BCUT2D eigenvalue weighted by atomic mass is 9.95. The van der Waals surface area contributed by atoms with Gasteiger partial charge in [-0.15, -0.1) is 0 Å². The second-order valence-electron chi connectivity index (χ2n) is 7.91. The van der Waals surface area contributed by atoms with Crippen molar-refractivity contribution < 1.29 is 14.1 Å². The molecule has 0 aliphatic carbocycles. The third-order valence-electron chi connectivity index (χ3n) is 5.74. The number of aromatic nitrogens is 4. The van der Waals surface area contributed by atoms with Crippen LogP contribution in [-0.4, -0.2) is 67.7 Å². The standard InChI is InChI=1S/C19H26N6O3/c1-12-16(11-23(3)21-12)19(27)25-9-14(10-25)8-17-20-18(22-28-17)15-4-6-24(7-5-15)13(2)26/h11,14-15H,4-10H2,1-3H3. The van der Waals surface area contributed by atoms with Gasteiger partial charge in [-0.25, -0.2) is 0 Å². The van der Waals surface area contributed by atoms with Crippen molar-refractivity contribution in [3.63, 3.8) is 0 Å². The minimum absolute atomic E-state index is 0.0327. The zero-order chi connectivity index (χ0) is 19.8. The Hall–Kier alpha value is -2.71. The van der Waals surface area contributed by atoms with E-state index in [4.69, 9.17) is 4.52 Å². The lowest BCUT2D eigenvalue weighted by Crippen LogP contribution is -2.50. The average molecular weight is 386 g/mol. The summed E-state index contributed by atoms with van der Waals surface area (Å²) in [6.45, 7) is 6.35. The van der Waals surface area contributed by atoms with E-state index < -0.39 is 0 Å². The Morgan fingerprint density at radius 1 is 1.21 bits per heavy atom. The predicted molar refractivity (Wildman–Crippen MR) is 99.6 cm³/mol. The molecule has 9 nitrogen and oxygen atoms in total. The molecule has 0 aromatic carbocycles. The highest BCUT2D eigenvalue weighted by atomic mass is 16.5. The van der Waals surface area contributed by atoms with Crippen LogP contribution in [0.4, 0.5) is 0 Å². The molecular formula is C19H26N6O3. The smallest absolute Gasteiger partial charge is 0.257 e. The fourth-order valence-corrected chi connectivity index (χ4v) is 4.06. The maximum atomic E-state index is 12.5. The highest BCUT2D eigenvalue weighted by Crippen LogP contribution is 2.27. The zero-order valence-corrected chi connectivity index (χ0v) is 16.6. The van der Waals surface area contributed by atoms with Crippen LogP contribution in [0.25, 0.3) is 0 Å². The molecule has 0 bridgehead atoms. The number of hydrogen-bond acceptors (Lipinski definition) is 6. The largest absolute Gasteiger partial charge is 0.343 e. The number of rotatable bonds is 4. The first-order valence-corrected chi connectivity index (χ1v) is 9.78. The van der Waals surface area contributed by atoms with Gasteiger partial charge in [0, 0.05) is 64.6 Å². The van der Waals surface area contributed by atoms with Crippen LogP contribution in [0.2, 0.25) is 0 Å². The normalized spacial score (nSPS) is 18.4. The topological polar surface area (TPSA) is 97.4 Å². The summed E-state index contributed by atoms with van der Waals surface area (Å²) >= 11 is 0. The van der Waals surface area contributed by atoms with Gasteiger partial charge in [-0.2, -0.15) is 10.1 Å². The Morgan fingerprint density at radius 3 is 2.54 bits per heavy atom. The first-order chi connectivity index (χ1) is 13.4. The first kappa shape index (κ1) is 18.6. The summed E-state index contributed by atoms with van der Waals surface area (Å²) in [5.41, 5.74) is 1.42. The summed E-state index contributed by atoms with van der Waals surface area (Å²) in [5.74, 6) is 2.13. The van der Waals surface area contributed by atoms with Crippen molar-refractivity contribution >= 4 is 11.8 Å². The van der Waals surface area contributed by atoms with E-state index in [0.29, 0.717) is 36.9 Å². The number of piperidine rings is 1. The van der Waals surface area contributed by atoms with Crippen LogP contribution in [0.5, 0.6) is 0 Å². The molecule has 0 spiro atoms. The van der Waals surface area contributed by atoms with Gasteiger partial charge >= 0.3 is 0 Å². The van der Waals surface area contributed by atoms with E-state index in [9.17, 15) is 9.59 Å². The number of likely N-dealkylation sites (tertiary alicyclic amines) is 2. The second kappa shape index (κ2) is 7.37. The maximum absolute atomic E-state index is 12.5. The van der Waals surface area contributed by atoms with E-state index in [1.54, 1.807) is 17.8 Å². The SMILES string of the molecule is CC(=O)N1CCC(c2noc(CC3CN(C(=O)c4cn(C)nc4C)C3)n2)CC1.